The van der Waals surface area contributed by atoms with Crippen LogP contribution in [0.5, 0.6) is 0 Å². The van der Waals surface area contributed by atoms with Gasteiger partial charge in [0.25, 0.3) is 5.91 Å². The number of carbonyl (C=O) groups excluding carboxylic acids is 2. The zero-order valence-corrected chi connectivity index (χ0v) is 20.1. The van der Waals surface area contributed by atoms with E-state index in [0.29, 0.717) is 12.6 Å². The molecule has 0 N–H and O–H groups in total. The number of piperidine rings is 2. The van der Waals surface area contributed by atoms with Crippen molar-refractivity contribution in [3.63, 3.8) is 0 Å². The second-order valence-corrected chi connectivity index (χ2v) is 10.6. The monoisotopic (exact) mass is 470 g/mol. The van der Waals surface area contributed by atoms with Crippen molar-refractivity contribution in [1.82, 2.24) is 14.7 Å². The Balaban J connectivity index is 1.24. The van der Waals surface area contributed by atoms with Crippen molar-refractivity contribution in [3.8, 4) is 0 Å². The zero-order valence-electron chi connectivity index (χ0n) is 19.3. The van der Waals surface area contributed by atoms with Crippen LogP contribution in [0.1, 0.15) is 41.6 Å². The lowest BCUT2D eigenvalue weighted by Crippen LogP contribution is -2.52. The number of amides is 3. The standard InChI is InChI=1S/C25H31FN4O2S/c1-27(2)24(32)30-17-25(21-15-19(26)3-4-22(21)30)8-12-28(13-9-25)20-5-10-29(11-6-20)23(31)18-7-14-33-16-18/h3-4,7,14-16,20H,5-6,8-13,17H2,1-2H3. The molecule has 4 heterocycles. The fraction of sp³-hybridized carbons (Fsp3) is 0.520. The van der Waals surface area contributed by atoms with Crippen LogP contribution in [0, 0.1) is 5.82 Å². The Bertz CT molecular complexity index is 1030. The third-order valence-corrected chi connectivity index (χ3v) is 8.37. The average Bonchev–Trinajstić information content (AvgIpc) is 3.46. The number of likely N-dealkylation sites (tertiary alicyclic amines) is 2. The van der Waals surface area contributed by atoms with Crippen LogP contribution in [0.2, 0.25) is 0 Å². The van der Waals surface area contributed by atoms with E-state index in [9.17, 15) is 14.0 Å². The molecule has 5 rings (SSSR count). The number of urea groups is 1. The Kier molecular flexibility index (Phi) is 5.91. The van der Waals surface area contributed by atoms with Gasteiger partial charge in [0.2, 0.25) is 0 Å². The lowest BCUT2D eigenvalue weighted by atomic mass is 9.74. The van der Waals surface area contributed by atoms with E-state index in [1.807, 2.05) is 26.6 Å². The number of halogens is 1. The van der Waals surface area contributed by atoms with Crippen LogP contribution in [-0.2, 0) is 5.41 Å². The number of nitrogens with zero attached hydrogens (tertiary/aromatic N) is 4. The zero-order chi connectivity index (χ0) is 23.2. The lowest BCUT2D eigenvalue weighted by molar-refractivity contribution is 0.0531. The van der Waals surface area contributed by atoms with E-state index in [1.54, 1.807) is 42.5 Å². The molecule has 2 saturated heterocycles. The fourth-order valence-corrected chi connectivity index (χ4v) is 6.43. The molecule has 3 amide bonds. The quantitative estimate of drug-likeness (QED) is 0.666. The highest BCUT2D eigenvalue weighted by molar-refractivity contribution is 7.08. The molecular weight excluding hydrogens is 439 g/mol. The molecule has 0 unspecified atom stereocenters. The number of hydrogen-bond donors (Lipinski definition) is 0. The highest BCUT2D eigenvalue weighted by Crippen LogP contribution is 2.48. The smallest absolute Gasteiger partial charge is 0.323 e. The van der Waals surface area contributed by atoms with Crippen LogP contribution in [0.4, 0.5) is 14.9 Å². The summed E-state index contributed by atoms with van der Waals surface area (Å²) in [5, 5.41) is 3.87. The fourth-order valence-electron chi connectivity index (χ4n) is 5.80. The molecule has 0 radical (unpaired) electrons. The number of rotatable bonds is 2. The van der Waals surface area contributed by atoms with Gasteiger partial charge in [-0.1, -0.05) is 0 Å². The van der Waals surface area contributed by atoms with Gasteiger partial charge < -0.3 is 14.7 Å². The first-order valence-electron chi connectivity index (χ1n) is 11.7. The van der Waals surface area contributed by atoms with Gasteiger partial charge in [0.15, 0.2) is 0 Å². The van der Waals surface area contributed by atoms with Gasteiger partial charge >= 0.3 is 6.03 Å². The molecule has 3 aliphatic rings. The Morgan fingerprint density at radius 2 is 1.82 bits per heavy atom. The summed E-state index contributed by atoms with van der Waals surface area (Å²) in [6.45, 7) is 4.07. The summed E-state index contributed by atoms with van der Waals surface area (Å²) in [5.41, 5.74) is 2.44. The molecule has 1 aromatic heterocycles. The van der Waals surface area contributed by atoms with E-state index < -0.39 is 0 Å². The predicted molar refractivity (Wildman–Crippen MR) is 129 cm³/mol. The van der Waals surface area contributed by atoms with Crippen LogP contribution >= 0.6 is 11.3 Å². The van der Waals surface area contributed by atoms with Crippen LogP contribution < -0.4 is 4.90 Å². The number of fused-ring (bicyclic) bond motifs is 2. The maximum Gasteiger partial charge on any atom is 0.323 e. The summed E-state index contributed by atoms with van der Waals surface area (Å²) in [4.78, 5) is 33.4. The largest absolute Gasteiger partial charge is 0.339 e. The summed E-state index contributed by atoms with van der Waals surface area (Å²) in [7, 11) is 3.52. The molecule has 1 spiro atoms. The number of thiophene rings is 1. The first-order chi connectivity index (χ1) is 15.9. The van der Waals surface area contributed by atoms with Crippen molar-refractivity contribution in [2.24, 2.45) is 0 Å². The molecular formula is C25H31FN4O2S. The molecule has 176 valence electrons. The first kappa shape index (κ1) is 22.3. The molecule has 1 aromatic carbocycles. The van der Waals surface area contributed by atoms with Gasteiger partial charge in [-0.25, -0.2) is 9.18 Å². The third kappa shape index (κ3) is 4.04. The second-order valence-electron chi connectivity index (χ2n) is 9.78. The summed E-state index contributed by atoms with van der Waals surface area (Å²) in [5.74, 6) is -0.0973. The van der Waals surface area contributed by atoms with Gasteiger partial charge in [0.05, 0.1) is 5.56 Å². The van der Waals surface area contributed by atoms with Crippen LogP contribution in [0.25, 0.3) is 0 Å². The van der Waals surface area contributed by atoms with Crippen molar-refractivity contribution in [2.45, 2.75) is 37.1 Å². The minimum atomic E-state index is -0.239. The molecule has 6 nitrogen and oxygen atoms in total. The van der Waals surface area contributed by atoms with Crippen LogP contribution in [0.15, 0.2) is 35.0 Å². The van der Waals surface area contributed by atoms with Gasteiger partial charge in [-0.05, 0) is 74.0 Å². The molecule has 0 aliphatic carbocycles. The summed E-state index contributed by atoms with van der Waals surface area (Å²) in [6.07, 6.45) is 3.79. The number of carbonyl (C=O) groups is 2. The van der Waals surface area contributed by atoms with Crippen molar-refractivity contribution in [2.75, 3.05) is 51.7 Å². The van der Waals surface area contributed by atoms with E-state index in [-0.39, 0.29) is 23.2 Å². The molecule has 2 fully saturated rings. The Morgan fingerprint density at radius 3 is 2.45 bits per heavy atom. The normalized spacial score (nSPS) is 20.8. The van der Waals surface area contributed by atoms with Crippen LogP contribution in [-0.4, -0.2) is 79.5 Å². The Labute approximate surface area is 198 Å². The van der Waals surface area contributed by atoms with Crippen molar-refractivity contribution >= 4 is 29.0 Å². The van der Waals surface area contributed by atoms with E-state index in [0.717, 1.165) is 68.7 Å². The lowest BCUT2D eigenvalue weighted by Gasteiger charge is -2.45. The molecule has 33 heavy (non-hydrogen) atoms. The number of anilines is 1. The predicted octanol–water partition coefficient (Wildman–Crippen LogP) is 4.03. The molecule has 8 heteroatoms. The Morgan fingerprint density at radius 1 is 1.09 bits per heavy atom. The minimum Gasteiger partial charge on any atom is -0.339 e. The number of benzene rings is 1. The average molecular weight is 471 g/mol. The van der Waals surface area contributed by atoms with E-state index >= 15 is 0 Å². The molecule has 2 aromatic rings. The second kappa shape index (κ2) is 8.72. The highest BCUT2D eigenvalue weighted by Gasteiger charge is 2.47. The van der Waals surface area contributed by atoms with E-state index in [1.165, 1.54) is 6.07 Å². The number of hydrogen-bond acceptors (Lipinski definition) is 4. The maximum absolute atomic E-state index is 14.2. The third-order valence-electron chi connectivity index (χ3n) is 7.69. The summed E-state index contributed by atoms with van der Waals surface area (Å²) in [6, 6.07) is 7.17. The molecule has 3 aliphatic heterocycles. The van der Waals surface area contributed by atoms with Gasteiger partial charge in [-0.3, -0.25) is 9.69 Å². The van der Waals surface area contributed by atoms with Gasteiger partial charge in [0.1, 0.15) is 5.82 Å². The SMILES string of the molecule is CN(C)C(=O)N1CC2(CCN(C3CCN(C(=O)c4ccsc4)CC3)CC2)c2cc(F)ccc21. The summed E-state index contributed by atoms with van der Waals surface area (Å²) >= 11 is 1.56. The Hall–Kier alpha value is -2.45. The summed E-state index contributed by atoms with van der Waals surface area (Å²) < 4.78 is 14.2. The van der Waals surface area contributed by atoms with Crippen molar-refractivity contribution in [1.29, 1.82) is 0 Å². The van der Waals surface area contributed by atoms with E-state index in [4.69, 9.17) is 0 Å². The van der Waals surface area contributed by atoms with Crippen molar-refractivity contribution < 1.29 is 14.0 Å². The van der Waals surface area contributed by atoms with Gasteiger partial charge in [-0.15, -0.1) is 0 Å². The van der Waals surface area contributed by atoms with E-state index in [2.05, 4.69) is 4.90 Å². The minimum absolute atomic E-state index is 0.0511. The topological polar surface area (TPSA) is 47.1 Å². The van der Waals surface area contributed by atoms with Gasteiger partial charge in [0, 0.05) is 56.3 Å². The molecule has 0 atom stereocenters. The van der Waals surface area contributed by atoms with Gasteiger partial charge in [-0.2, -0.15) is 11.3 Å². The molecule has 0 saturated carbocycles. The van der Waals surface area contributed by atoms with Crippen molar-refractivity contribution in [3.05, 3.63) is 52.0 Å². The highest BCUT2D eigenvalue weighted by atomic mass is 32.1. The molecule has 0 bridgehead atoms. The first-order valence-corrected chi connectivity index (χ1v) is 12.7. The maximum atomic E-state index is 14.2. The van der Waals surface area contributed by atoms with Crippen LogP contribution in [0.3, 0.4) is 0 Å².